The highest BCUT2D eigenvalue weighted by atomic mass is 16.6. The Bertz CT molecular complexity index is 1400. The van der Waals surface area contributed by atoms with E-state index >= 15 is 0 Å². The highest BCUT2D eigenvalue weighted by Crippen LogP contribution is 2.29. The van der Waals surface area contributed by atoms with E-state index in [1.54, 1.807) is 56.3 Å². The molecular formula is C34H46N2O12. The van der Waals surface area contributed by atoms with Gasteiger partial charge in [0.1, 0.15) is 0 Å². The second kappa shape index (κ2) is 20.4. The minimum Gasteiger partial charge on any atom is -0.481 e. The number of carboxylic acid groups (broad SMARTS) is 1. The number of ether oxygens (including phenoxy) is 5. The number of anilines is 2. The average Bonchev–Trinajstić information content (AvgIpc) is 3.33. The van der Waals surface area contributed by atoms with Crippen LogP contribution in [0, 0.1) is 23.7 Å². The van der Waals surface area contributed by atoms with Crippen molar-refractivity contribution in [2.24, 2.45) is 23.7 Å². The van der Waals surface area contributed by atoms with Crippen molar-refractivity contribution in [3.05, 3.63) is 59.7 Å². The minimum atomic E-state index is -1.10. The van der Waals surface area contributed by atoms with Gasteiger partial charge in [-0.05, 0) is 37.1 Å². The van der Waals surface area contributed by atoms with E-state index in [0.29, 0.717) is 24.1 Å². The summed E-state index contributed by atoms with van der Waals surface area (Å²) in [7, 11) is 5.53. The van der Waals surface area contributed by atoms with Gasteiger partial charge in [0.25, 0.3) is 0 Å². The van der Waals surface area contributed by atoms with Crippen molar-refractivity contribution in [2.75, 3.05) is 39.5 Å². The Morgan fingerprint density at radius 2 is 1.40 bits per heavy atom. The van der Waals surface area contributed by atoms with Crippen molar-refractivity contribution in [1.29, 1.82) is 0 Å². The molecule has 0 saturated carbocycles. The Morgan fingerprint density at radius 1 is 0.854 bits per heavy atom. The molecule has 0 spiro atoms. The molecule has 1 aliphatic rings. The van der Waals surface area contributed by atoms with E-state index in [4.69, 9.17) is 15.2 Å². The zero-order valence-corrected chi connectivity index (χ0v) is 28.5. The van der Waals surface area contributed by atoms with Gasteiger partial charge >= 0.3 is 29.8 Å². The average molecular weight is 675 g/mol. The molecule has 14 nitrogen and oxygen atoms in total. The number of nitrogens with one attached hydrogen (secondary N) is 1. The van der Waals surface area contributed by atoms with Gasteiger partial charge in [-0.25, -0.2) is 9.59 Å². The predicted molar refractivity (Wildman–Crippen MR) is 175 cm³/mol. The lowest BCUT2D eigenvalue weighted by Crippen LogP contribution is -2.40. The van der Waals surface area contributed by atoms with Crippen LogP contribution in [0.4, 0.5) is 11.4 Å². The highest BCUT2D eigenvalue weighted by molar-refractivity contribution is 6.02. The van der Waals surface area contributed by atoms with Crippen LogP contribution in [-0.2, 0) is 42.9 Å². The highest BCUT2D eigenvalue weighted by Gasteiger charge is 2.45. The fourth-order valence-electron chi connectivity index (χ4n) is 5.00. The summed E-state index contributed by atoms with van der Waals surface area (Å²) in [5.74, 6) is -6.14. The Morgan fingerprint density at radius 3 is 1.83 bits per heavy atom. The summed E-state index contributed by atoms with van der Waals surface area (Å²) in [5, 5.41) is 12.0. The molecular weight excluding hydrogens is 628 g/mol. The Balaban J connectivity index is 0.000000400. The molecule has 2 aromatic carbocycles. The van der Waals surface area contributed by atoms with Crippen molar-refractivity contribution < 1.29 is 57.6 Å². The quantitative estimate of drug-likeness (QED) is 0.126. The van der Waals surface area contributed by atoms with Crippen LogP contribution < -0.4 is 11.1 Å². The number of hydrogen-bond acceptors (Lipinski definition) is 12. The molecule has 3 rings (SSSR count). The van der Waals surface area contributed by atoms with Gasteiger partial charge in [0.05, 0.1) is 66.9 Å². The van der Waals surface area contributed by atoms with E-state index < -0.39 is 59.6 Å². The fraction of sp³-hybridized carbons (Fsp3) is 0.471. The summed E-state index contributed by atoms with van der Waals surface area (Å²) in [6, 6.07) is 13.2. The first-order valence-electron chi connectivity index (χ1n) is 15.2. The number of amides is 1. The molecule has 1 fully saturated rings. The second-order valence-corrected chi connectivity index (χ2v) is 10.7. The Labute approximate surface area is 280 Å². The van der Waals surface area contributed by atoms with Crippen LogP contribution in [0.5, 0.6) is 0 Å². The van der Waals surface area contributed by atoms with E-state index in [1.165, 1.54) is 41.4 Å². The molecule has 0 aliphatic carbocycles. The van der Waals surface area contributed by atoms with Gasteiger partial charge in [-0.3, -0.25) is 19.2 Å². The van der Waals surface area contributed by atoms with E-state index in [9.17, 15) is 33.9 Å². The molecule has 6 unspecified atom stereocenters. The number of esters is 4. The van der Waals surface area contributed by atoms with Gasteiger partial charge < -0.3 is 39.8 Å². The molecule has 6 atom stereocenters. The van der Waals surface area contributed by atoms with Gasteiger partial charge in [0.15, 0.2) is 0 Å². The molecule has 0 aromatic heterocycles. The summed E-state index contributed by atoms with van der Waals surface area (Å²) in [4.78, 5) is 69.0. The maximum atomic E-state index is 12.5. The number of aliphatic carboxylic acids is 1. The molecule has 1 amide bonds. The summed E-state index contributed by atoms with van der Waals surface area (Å²) in [6.07, 6.45) is 0.366. The number of carboxylic acids is 1. The van der Waals surface area contributed by atoms with Crippen LogP contribution >= 0.6 is 0 Å². The van der Waals surface area contributed by atoms with Crippen LogP contribution in [0.15, 0.2) is 48.5 Å². The third-order valence-corrected chi connectivity index (χ3v) is 7.79. The molecule has 0 radical (unpaired) electrons. The molecule has 0 bridgehead atoms. The van der Waals surface area contributed by atoms with Crippen molar-refractivity contribution in [1.82, 2.24) is 0 Å². The lowest BCUT2D eigenvalue weighted by atomic mass is 9.86. The van der Waals surface area contributed by atoms with E-state index in [1.807, 2.05) is 6.92 Å². The second-order valence-electron chi connectivity index (χ2n) is 10.7. The van der Waals surface area contributed by atoms with Crippen LogP contribution in [-0.4, -0.2) is 81.5 Å². The molecule has 264 valence electrons. The number of hydrogen-bond donors (Lipinski definition) is 3. The summed E-state index contributed by atoms with van der Waals surface area (Å²) < 4.78 is 24.0. The molecule has 14 heteroatoms. The largest absolute Gasteiger partial charge is 0.481 e. The Hall–Kier alpha value is -4.82. The predicted octanol–water partition coefficient (Wildman–Crippen LogP) is 3.98. The lowest BCUT2D eigenvalue weighted by Gasteiger charge is -2.26. The normalized spacial score (nSPS) is 17.5. The van der Waals surface area contributed by atoms with Crippen molar-refractivity contribution in [3.8, 4) is 0 Å². The lowest BCUT2D eigenvalue weighted by molar-refractivity contribution is -0.155. The number of rotatable bonds is 12. The van der Waals surface area contributed by atoms with E-state index in [0.717, 1.165) is 0 Å². The van der Waals surface area contributed by atoms with Gasteiger partial charge in [-0.1, -0.05) is 52.0 Å². The first-order valence-corrected chi connectivity index (χ1v) is 15.2. The third kappa shape index (κ3) is 11.2. The maximum Gasteiger partial charge on any atom is 0.339 e. The fourth-order valence-corrected chi connectivity index (χ4v) is 5.00. The first-order chi connectivity index (χ1) is 22.7. The number of carbonyl (C=O) groups excluding carboxylic acids is 5. The summed E-state index contributed by atoms with van der Waals surface area (Å²) in [5.41, 5.74) is 6.83. The zero-order valence-electron chi connectivity index (χ0n) is 28.5. The molecule has 2 aromatic rings. The summed E-state index contributed by atoms with van der Waals surface area (Å²) >= 11 is 0. The third-order valence-electron chi connectivity index (χ3n) is 7.79. The monoisotopic (exact) mass is 674 g/mol. The molecule has 48 heavy (non-hydrogen) atoms. The van der Waals surface area contributed by atoms with Crippen molar-refractivity contribution in [2.45, 2.75) is 52.7 Å². The van der Waals surface area contributed by atoms with E-state index in [2.05, 4.69) is 19.5 Å². The van der Waals surface area contributed by atoms with Crippen LogP contribution in [0.2, 0.25) is 0 Å². The van der Waals surface area contributed by atoms with Crippen LogP contribution in [0.25, 0.3) is 0 Å². The smallest absolute Gasteiger partial charge is 0.339 e. The summed E-state index contributed by atoms with van der Waals surface area (Å²) in [6.45, 7) is 6.92. The Kier molecular flexibility index (Phi) is 17.5. The maximum absolute atomic E-state index is 12.5. The van der Waals surface area contributed by atoms with Gasteiger partial charge in [0, 0.05) is 19.9 Å². The topological polar surface area (TPSA) is 207 Å². The number of cyclic esters (lactones) is 2. The molecule has 1 heterocycles. The molecule has 1 saturated heterocycles. The number of nitrogens with two attached hydrogens (primary N) is 1. The number of benzene rings is 2. The molecule has 4 N–H and O–H groups in total. The van der Waals surface area contributed by atoms with E-state index in [-0.39, 0.29) is 23.3 Å². The van der Waals surface area contributed by atoms with Crippen LogP contribution in [0.1, 0.15) is 61.3 Å². The first kappa shape index (κ1) is 41.2. The van der Waals surface area contributed by atoms with Gasteiger partial charge in [-0.15, -0.1) is 0 Å². The van der Waals surface area contributed by atoms with Gasteiger partial charge in [-0.2, -0.15) is 0 Å². The number of carbonyl (C=O) groups is 6. The number of nitrogen functional groups attached to an aromatic ring is 1. The number of para-hydroxylation sites is 2. The van der Waals surface area contributed by atoms with Crippen LogP contribution in [0.3, 0.4) is 0 Å². The molecule has 1 aliphatic heterocycles. The van der Waals surface area contributed by atoms with Crippen molar-refractivity contribution in [3.63, 3.8) is 0 Å². The number of methoxy groups -OCH3 is 4. The van der Waals surface area contributed by atoms with Gasteiger partial charge in [0.2, 0.25) is 5.91 Å². The SMILES string of the molecule is CCC(OC)C(C(=O)O)C(C)C(=O)Nc1ccccc1C(=O)OC.CCC(OC)C1C(=O)OC(=O)C1C.COC(=O)c1ccccc1N. The zero-order chi connectivity index (χ0) is 36.6. The standard InChI is InChI=1S/C17H23NO6.C9H14O4.C8H9NO2/c1-5-13(23-3)14(16(20)21)10(2)15(19)18-12-9-7-6-8-11(12)17(22)24-4;1-4-6(12-3)7-5(2)8(10)13-9(7)11;1-11-8(10)6-4-2-3-5-7(6)9/h6-10,13-14H,5H2,1-4H3,(H,18,19)(H,20,21);5-7H,4H2,1-3H3;2-5H,9H2,1H3. The van der Waals surface area contributed by atoms with Crippen molar-refractivity contribution >= 4 is 47.1 Å². The minimum absolute atomic E-state index is 0.200.